The van der Waals surface area contributed by atoms with Crippen molar-refractivity contribution in [3.8, 4) is 0 Å². The molecule has 0 bridgehead atoms. The monoisotopic (exact) mass is 278 g/mol. The zero-order valence-electron chi connectivity index (χ0n) is 13.1. The fourth-order valence-electron chi connectivity index (χ4n) is 3.10. The van der Waals surface area contributed by atoms with Gasteiger partial charge in [-0.15, -0.1) is 0 Å². The summed E-state index contributed by atoms with van der Waals surface area (Å²) in [6.45, 7) is 4.98. The van der Waals surface area contributed by atoms with Crippen molar-refractivity contribution < 1.29 is 0 Å². The van der Waals surface area contributed by atoms with Crippen LogP contribution in [-0.2, 0) is 0 Å². The van der Waals surface area contributed by atoms with Crippen LogP contribution in [-0.4, -0.2) is 49.6 Å². The van der Waals surface area contributed by atoms with E-state index in [1.807, 2.05) is 0 Å². The normalized spacial score (nSPS) is 21.1. The van der Waals surface area contributed by atoms with Crippen molar-refractivity contribution in [3.05, 3.63) is 12.2 Å². The van der Waals surface area contributed by atoms with Gasteiger partial charge in [0.15, 0.2) is 5.96 Å². The van der Waals surface area contributed by atoms with Crippen LogP contribution in [0.3, 0.4) is 0 Å². The van der Waals surface area contributed by atoms with Crippen LogP contribution in [0.4, 0.5) is 0 Å². The summed E-state index contributed by atoms with van der Waals surface area (Å²) < 4.78 is 0. The van der Waals surface area contributed by atoms with Crippen LogP contribution in [0.2, 0.25) is 0 Å². The van der Waals surface area contributed by atoms with Gasteiger partial charge >= 0.3 is 0 Å². The van der Waals surface area contributed by atoms with E-state index in [9.17, 15) is 0 Å². The van der Waals surface area contributed by atoms with E-state index in [2.05, 4.69) is 41.7 Å². The second kappa shape index (κ2) is 8.30. The van der Waals surface area contributed by atoms with Gasteiger partial charge in [-0.05, 0) is 39.7 Å². The van der Waals surface area contributed by atoms with Gasteiger partial charge in [0.1, 0.15) is 0 Å². The van der Waals surface area contributed by atoms with Gasteiger partial charge in [0.25, 0.3) is 0 Å². The minimum absolute atomic E-state index is 0.528. The molecule has 0 unspecified atom stereocenters. The predicted molar refractivity (Wildman–Crippen MR) is 86.2 cm³/mol. The van der Waals surface area contributed by atoms with Gasteiger partial charge in [0.05, 0.1) is 6.54 Å². The van der Waals surface area contributed by atoms with E-state index in [0.29, 0.717) is 6.04 Å². The van der Waals surface area contributed by atoms with Gasteiger partial charge in [-0.3, -0.25) is 4.99 Å². The van der Waals surface area contributed by atoms with Gasteiger partial charge < -0.3 is 15.5 Å². The molecule has 0 aromatic heterocycles. The summed E-state index contributed by atoms with van der Waals surface area (Å²) in [4.78, 5) is 7.20. The summed E-state index contributed by atoms with van der Waals surface area (Å²) in [5, 5.41) is 6.86. The topological polar surface area (TPSA) is 39.7 Å². The molecule has 0 saturated heterocycles. The molecule has 0 amide bonds. The lowest BCUT2D eigenvalue weighted by molar-refractivity contribution is 0.252. The first-order chi connectivity index (χ1) is 9.79. The van der Waals surface area contributed by atoms with Crippen LogP contribution >= 0.6 is 0 Å². The van der Waals surface area contributed by atoms with Crippen LogP contribution in [0.25, 0.3) is 0 Å². The number of rotatable bonds is 6. The third-order valence-corrected chi connectivity index (χ3v) is 4.36. The number of nitrogens with one attached hydrogen (secondary N) is 2. The molecule has 4 heteroatoms. The molecule has 20 heavy (non-hydrogen) atoms. The molecule has 0 heterocycles. The van der Waals surface area contributed by atoms with E-state index < -0.39 is 0 Å². The van der Waals surface area contributed by atoms with Crippen LogP contribution in [0.5, 0.6) is 0 Å². The zero-order valence-corrected chi connectivity index (χ0v) is 13.1. The van der Waals surface area contributed by atoms with Gasteiger partial charge in [0, 0.05) is 25.2 Å². The smallest absolute Gasteiger partial charge is 0.191 e. The standard InChI is InChI=1S/C16H30N4/c1-3-17-16(19-14-8-4-5-9-14)18-12-13-20(2)15-10-6-7-11-15/h4-5,14-15H,3,6-13H2,1-2H3,(H2,17,18,19). The fraction of sp³-hybridized carbons (Fsp3) is 0.812. The Labute approximate surface area is 123 Å². The lowest BCUT2D eigenvalue weighted by Gasteiger charge is -2.23. The highest BCUT2D eigenvalue weighted by atomic mass is 15.2. The average Bonchev–Trinajstić information content (AvgIpc) is 3.12. The Balaban J connectivity index is 1.72. The minimum atomic E-state index is 0.528. The molecule has 2 rings (SSSR count). The second-order valence-corrected chi connectivity index (χ2v) is 5.96. The number of guanidine groups is 1. The summed E-state index contributed by atoms with van der Waals surface area (Å²) in [6.07, 6.45) is 12.3. The van der Waals surface area contributed by atoms with Crippen LogP contribution in [0.15, 0.2) is 17.1 Å². The maximum atomic E-state index is 4.71. The molecule has 0 atom stereocenters. The first-order valence-electron chi connectivity index (χ1n) is 8.19. The number of hydrogen-bond donors (Lipinski definition) is 2. The second-order valence-electron chi connectivity index (χ2n) is 5.96. The summed E-state index contributed by atoms with van der Waals surface area (Å²) in [6, 6.07) is 1.32. The van der Waals surface area contributed by atoms with Crippen LogP contribution in [0, 0.1) is 0 Å². The van der Waals surface area contributed by atoms with E-state index in [0.717, 1.165) is 44.5 Å². The Bertz CT molecular complexity index is 323. The molecule has 4 nitrogen and oxygen atoms in total. The van der Waals surface area contributed by atoms with Crippen LogP contribution in [0.1, 0.15) is 45.4 Å². The average molecular weight is 278 g/mol. The van der Waals surface area contributed by atoms with E-state index in [-0.39, 0.29) is 0 Å². The molecule has 1 fully saturated rings. The third-order valence-electron chi connectivity index (χ3n) is 4.36. The fourth-order valence-corrected chi connectivity index (χ4v) is 3.10. The molecule has 2 aliphatic carbocycles. The molecule has 2 N–H and O–H groups in total. The number of hydrogen-bond acceptors (Lipinski definition) is 2. The Morgan fingerprint density at radius 1 is 1.25 bits per heavy atom. The van der Waals surface area contributed by atoms with Gasteiger partial charge in [-0.2, -0.15) is 0 Å². The van der Waals surface area contributed by atoms with Gasteiger partial charge in [-0.25, -0.2) is 0 Å². The molecule has 0 radical (unpaired) electrons. The minimum Gasteiger partial charge on any atom is -0.357 e. The molecular weight excluding hydrogens is 248 g/mol. The molecule has 0 aliphatic heterocycles. The van der Waals surface area contributed by atoms with Gasteiger partial charge in [0.2, 0.25) is 0 Å². The highest BCUT2D eigenvalue weighted by molar-refractivity contribution is 5.80. The molecular formula is C16H30N4. The number of likely N-dealkylation sites (N-methyl/N-ethyl adjacent to an activating group) is 1. The van der Waals surface area contributed by atoms with Crippen molar-refractivity contribution in [2.24, 2.45) is 4.99 Å². The number of nitrogens with zero attached hydrogens (tertiary/aromatic N) is 2. The zero-order chi connectivity index (χ0) is 14.2. The molecule has 0 aromatic rings. The third kappa shape index (κ3) is 4.82. The van der Waals surface area contributed by atoms with Crippen molar-refractivity contribution in [3.63, 3.8) is 0 Å². The van der Waals surface area contributed by atoms with Crippen molar-refractivity contribution in [2.75, 3.05) is 26.7 Å². The molecule has 114 valence electrons. The SMILES string of the molecule is CCNC(=NCCN(C)C1CCCC1)NC1CC=CC1. The molecule has 1 saturated carbocycles. The molecule has 0 spiro atoms. The van der Waals surface area contributed by atoms with Crippen molar-refractivity contribution in [1.82, 2.24) is 15.5 Å². The predicted octanol–water partition coefficient (Wildman–Crippen LogP) is 2.13. The highest BCUT2D eigenvalue weighted by Gasteiger charge is 2.18. The van der Waals surface area contributed by atoms with Crippen molar-refractivity contribution >= 4 is 5.96 Å². The summed E-state index contributed by atoms with van der Waals surface area (Å²) in [5.41, 5.74) is 0. The lowest BCUT2D eigenvalue weighted by Crippen LogP contribution is -2.43. The summed E-state index contributed by atoms with van der Waals surface area (Å²) >= 11 is 0. The van der Waals surface area contributed by atoms with E-state index in [1.54, 1.807) is 0 Å². The van der Waals surface area contributed by atoms with Crippen molar-refractivity contribution in [2.45, 2.75) is 57.5 Å². The Hall–Kier alpha value is -1.03. The van der Waals surface area contributed by atoms with Crippen molar-refractivity contribution in [1.29, 1.82) is 0 Å². The maximum absolute atomic E-state index is 4.71. The Kier molecular flexibility index (Phi) is 6.37. The van der Waals surface area contributed by atoms with E-state index in [1.165, 1.54) is 25.7 Å². The molecule has 2 aliphatic rings. The quantitative estimate of drug-likeness (QED) is 0.444. The molecule has 0 aromatic carbocycles. The van der Waals surface area contributed by atoms with E-state index in [4.69, 9.17) is 4.99 Å². The first-order valence-corrected chi connectivity index (χ1v) is 8.19. The summed E-state index contributed by atoms with van der Waals surface area (Å²) in [7, 11) is 2.24. The Morgan fingerprint density at radius 3 is 2.60 bits per heavy atom. The summed E-state index contributed by atoms with van der Waals surface area (Å²) in [5.74, 6) is 0.973. The van der Waals surface area contributed by atoms with Crippen LogP contribution < -0.4 is 10.6 Å². The largest absolute Gasteiger partial charge is 0.357 e. The van der Waals surface area contributed by atoms with Gasteiger partial charge in [-0.1, -0.05) is 25.0 Å². The highest BCUT2D eigenvalue weighted by Crippen LogP contribution is 2.21. The first kappa shape index (κ1) is 15.4. The van der Waals surface area contributed by atoms with E-state index >= 15 is 0 Å². The Morgan fingerprint density at radius 2 is 1.95 bits per heavy atom. The lowest BCUT2D eigenvalue weighted by atomic mass is 10.2. The number of aliphatic imine (C=N–C) groups is 1. The maximum Gasteiger partial charge on any atom is 0.191 e.